The van der Waals surface area contributed by atoms with E-state index in [4.69, 9.17) is 11.6 Å². The summed E-state index contributed by atoms with van der Waals surface area (Å²) in [4.78, 5) is 3.79. The van der Waals surface area contributed by atoms with Crippen LogP contribution in [0, 0.1) is 0 Å². The van der Waals surface area contributed by atoms with Crippen molar-refractivity contribution in [3.05, 3.63) is 24.8 Å². The van der Waals surface area contributed by atoms with Gasteiger partial charge in [-0.15, -0.1) is 11.6 Å². The molecular weight excluding hydrogens is 150 g/mol. The highest BCUT2D eigenvalue weighted by molar-refractivity contribution is 6.18. The summed E-state index contributed by atoms with van der Waals surface area (Å²) in [6.45, 7) is 0.743. The number of aromatic nitrogens is 3. The molecule has 1 rings (SSSR count). The van der Waals surface area contributed by atoms with Crippen molar-refractivity contribution in [3.63, 3.8) is 0 Å². The molecule has 0 aliphatic heterocycles. The molecule has 0 saturated heterocycles. The van der Waals surface area contributed by atoms with Crippen molar-refractivity contribution >= 4 is 11.6 Å². The quantitative estimate of drug-likeness (QED) is 0.486. The average molecular weight is 158 g/mol. The molecule has 1 aromatic heterocycles. The van der Waals surface area contributed by atoms with Gasteiger partial charge >= 0.3 is 0 Å². The van der Waals surface area contributed by atoms with Crippen LogP contribution >= 0.6 is 11.6 Å². The zero-order valence-electron chi connectivity index (χ0n) is 5.44. The van der Waals surface area contributed by atoms with Gasteiger partial charge in [0.2, 0.25) is 0 Å². The first-order valence-corrected chi connectivity index (χ1v) is 3.50. The summed E-state index contributed by atoms with van der Waals surface area (Å²) >= 11 is 5.41. The molecule has 1 heterocycles. The van der Waals surface area contributed by atoms with Gasteiger partial charge in [-0.3, -0.25) is 0 Å². The maximum Gasteiger partial charge on any atom is 0.137 e. The first-order chi connectivity index (χ1) is 4.93. The van der Waals surface area contributed by atoms with E-state index >= 15 is 0 Å². The number of allylic oxidation sites excluding steroid dienone is 2. The van der Waals surface area contributed by atoms with Crippen LogP contribution in [0.5, 0.6) is 0 Å². The van der Waals surface area contributed by atoms with Crippen molar-refractivity contribution in [3.8, 4) is 0 Å². The number of halogens is 1. The van der Waals surface area contributed by atoms with Gasteiger partial charge in [-0.2, -0.15) is 5.10 Å². The van der Waals surface area contributed by atoms with E-state index in [2.05, 4.69) is 10.1 Å². The number of hydrogen-bond acceptors (Lipinski definition) is 2. The molecule has 0 spiro atoms. The lowest BCUT2D eigenvalue weighted by atomic mass is 10.5. The Kier molecular flexibility index (Phi) is 2.96. The summed E-state index contributed by atoms with van der Waals surface area (Å²) in [6, 6.07) is 0. The fourth-order valence-corrected chi connectivity index (χ4v) is 0.699. The van der Waals surface area contributed by atoms with Gasteiger partial charge in [0.25, 0.3) is 0 Å². The highest BCUT2D eigenvalue weighted by Gasteiger charge is 1.82. The first kappa shape index (κ1) is 7.28. The van der Waals surface area contributed by atoms with E-state index in [0.717, 1.165) is 6.54 Å². The summed E-state index contributed by atoms with van der Waals surface area (Å²) in [5, 5.41) is 3.90. The maximum absolute atomic E-state index is 5.41. The number of hydrogen-bond donors (Lipinski definition) is 0. The van der Waals surface area contributed by atoms with Crippen LogP contribution in [0.25, 0.3) is 0 Å². The topological polar surface area (TPSA) is 30.7 Å². The smallest absolute Gasteiger partial charge is 0.137 e. The normalized spacial score (nSPS) is 10.9. The highest BCUT2D eigenvalue weighted by Crippen LogP contribution is 1.83. The molecule has 0 fully saturated rings. The van der Waals surface area contributed by atoms with E-state index in [1.807, 2.05) is 12.2 Å². The molecule has 0 amide bonds. The molecule has 0 radical (unpaired) electrons. The van der Waals surface area contributed by atoms with Gasteiger partial charge in [0.05, 0.1) is 6.54 Å². The number of nitrogens with zero attached hydrogens (tertiary/aromatic N) is 3. The second-order valence-corrected chi connectivity index (χ2v) is 2.05. The van der Waals surface area contributed by atoms with Gasteiger partial charge < -0.3 is 0 Å². The predicted octanol–water partition coefficient (Wildman–Crippen LogP) is 1.07. The van der Waals surface area contributed by atoms with E-state index < -0.39 is 0 Å². The molecule has 4 heteroatoms. The third-order valence-corrected chi connectivity index (χ3v) is 1.19. The second-order valence-electron chi connectivity index (χ2n) is 1.74. The van der Waals surface area contributed by atoms with Gasteiger partial charge in [0, 0.05) is 5.88 Å². The van der Waals surface area contributed by atoms with E-state index in [9.17, 15) is 0 Å². The van der Waals surface area contributed by atoms with E-state index in [1.165, 1.54) is 6.33 Å². The first-order valence-electron chi connectivity index (χ1n) is 2.97. The molecule has 0 N–H and O–H groups in total. The van der Waals surface area contributed by atoms with Gasteiger partial charge in [0.15, 0.2) is 0 Å². The van der Waals surface area contributed by atoms with Crippen LogP contribution in [0.1, 0.15) is 0 Å². The molecular formula is C6H8ClN3. The minimum Gasteiger partial charge on any atom is -0.249 e. The Morgan fingerprint density at radius 3 is 3.00 bits per heavy atom. The van der Waals surface area contributed by atoms with Crippen LogP contribution < -0.4 is 0 Å². The standard InChI is InChI=1S/C6H8ClN3/c7-3-1-2-4-10-6-8-5-9-10/h1-2,5-6H,3-4H2. The molecule has 1 aromatic rings. The third kappa shape index (κ3) is 2.19. The lowest BCUT2D eigenvalue weighted by Gasteiger charge is -1.89. The monoisotopic (exact) mass is 157 g/mol. The zero-order chi connectivity index (χ0) is 7.23. The summed E-state index contributed by atoms with van der Waals surface area (Å²) in [7, 11) is 0. The van der Waals surface area contributed by atoms with Crippen LogP contribution in [-0.2, 0) is 6.54 Å². The lowest BCUT2D eigenvalue weighted by Crippen LogP contribution is -1.94. The van der Waals surface area contributed by atoms with E-state index in [0.29, 0.717) is 5.88 Å². The van der Waals surface area contributed by atoms with Crippen molar-refractivity contribution in [1.29, 1.82) is 0 Å². The number of rotatable bonds is 3. The Bertz CT molecular complexity index is 193. The van der Waals surface area contributed by atoms with Crippen molar-refractivity contribution < 1.29 is 0 Å². The van der Waals surface area contributed by atoms with Crippen molar-refractivity contribution in [1.82, 2.24) is 14.8 Å². The molecule has 0 atom stereocenters. The third-order valence-electron chi connectivity index (χ3n) is 1.01. The summed E-state index contributed by atoms with van der Waals surface area (Å²) < 4.78 is 1.73. The van der Waals surface area contributed by atoms with Gasteiger partial charge in [-0.05, 0) is 0 Å². The Hall–Kier alpha value is -0.830. The lowest BCUT2D eigenvalue weighted by molar-refractivity contribution is 0.699. The highest BCUT2D eigenvalue weighted by atomic mass is 35.5. The molecule has 0 aliphatic rings. The molecule has 0 bridgehead atoms. The summed E-state index contributed by atoms with van der Waals surface area (Å²) in [5.41, 5.74) is 0. The van der Waals surface area contributed by atoms with Crippen molar-refractivity contribution in [2.45, 2.75) is 6.54 Å². The molecule has 0 aromatic carbocycles. The number of alkyl halides is 1. The fraction of sp³-hybridized carbons (Fsp3) is 0.333. The van der Waals surface area contributed by atoms with E-state index in [1.54, 1.807) is 11.0 Å². The van der Waals surface area contributed by atoms with Crippen LogP contribution in [-0.4, -0.2) is 20.6 Å². The Labute approximate surface area is 64.3 Å². The summed E-state index contributed by atoms with van der Waals surface area (Å²) in [6.07, 6.45) is 7.00. The van der Waals surface area contributed by atoms with Gasteiger partial charge in [-0.1, -0.05) is 12.2 Å². The zero-order valence-corrected chi connectivity index (χ0v) is 6.20. The molecule has 54 valence electrons. The fourth-order valence-electron chi connectivity index (χ4n) is 0.573. The van der Waals surface area contributed by atoms with E-state index in [-0.39, 0.29) is 0 Å². The van der Waals surface area contributed by atoms with Gasteiger partial charge in [-0.25, -0.2) is 9.67 Å². The molecule has 3 nitrogen and oxygen atoms in total. The van der Waals surface area contributed by atoms with Crippen LogP contribution in [0.3, 0.4) is 0 Å². The van der Waals surface area contributed by atoms with Crippen LogP contribution in [0.15, 0.2) is 24.8 Å². The largest absolute Gasteiger partial charge is 0.249 e. The van der Waals surface area contributed by atoms with Gasteiger partial charge in [0.1, 0.15) is 12.7 Å². The Morgan fingerprint density at radius 1 is 1.50 bits per heavy atom. The minimum absolute atomic E-state index is 0.550. The molecule has 0 saturated carbocycles. The Balaban J connectivity index is 2.34. The molecule has 0 unspecified atom stereocenters. The SMILES string of the molecule is ClCC=CCn1cncn1. The predicted molar refractivity (Wildman–Crippen MR) is 39.9 cm³/mol. The Morgan fingerprint density at radius 2 is 2.40 bits per heavy atom. The van der Waals surface area contributed by atoms with Crippen LogP contribution in [0.4, 0.5) is 0 Å². The second kappa shape index (κ2) is 4.06. The van der Waals surface area contributed by atoms with Crippen molar-refractivity contribution in [2.24, 2.45) is 0 Å². The van der Waals surface area contributed by atoms with Crippen LogP contribution in [0.2, 0.25) is 0 Å². The molecule has 0 aliphatic carbocycles. The minimum atomic E-state index is 0.550. The van der Waals surface area contributed by atoms with Crippen molar-refractivity contribution in [2.75, 3.05) is 5.88 Å². The summed E-state index contributed by atoms with van der Waals surface area (Å²) in [5.74, 6) is 0.550. The molecule has 10 heavy (non-hydrogen) atoms. The maximum atomic E-state index is 5.41. The average Bonchev–Trinajstić information content (AvgIpc) is 2.41.